The minimum Gasteiger partial charge on any atom is -0.378 e. The van der Waals surface area contributed by atoms with Crippen LogP contribution in [-0.2, 0) is 25.7 Å². The zero-order valence-corrected chi connectivity index (χ0v) is 19.7. The van der Waals surface area contributed by atoms with Crippen LogP contribution in [0.3, 0.4) is 0 Å². The number of nitrogens with one attached hydrogen (secondary N) is 4. The molecule has 3 rings (SSSR count). The van der Waals surface area contributed by atoms with E-state index >= 15 is 0 Å². The highest BCUT2D eigenvalue weighted by atomic mass is 16.5. The molecule has 35 heavy (non-hydrogen) atoms. The van der Waals surface area contributed by atoms with Crippen LogP contribution in [0.1, 0.15) is 48.5 Å². The third-order valence-corrected chi connectivity index (χ3v) is 5.64. The third-order valence-electron chi connectivity index (χ3n) is 5.64. The lowest BCUT2D eigenvalue weighted by molar-refractivity contribution is -0.137. The molecule has 11 heteroatoms. The van der Waals surface area contributed by atoms with Gasteiger partial charge < -0.3 is 25.6 Å². The molecule has 11 nitrogen and oxygen atoms in total. The third kappa shape index (κ3) is 7.12. The van der Waals surface area contributed by atoms with Gasteiger partial charge in [0.2, 0.25) is 17.7 Å². The summed E-state index contributed by atoms with van der Waals surface area (Å²) in [5.41, 5.74) is 1.52. The molecule has 0 saturated carbocycles. The lowest BCUT2D eigenvalue weighted by Gasteiger charge is -2.29. The number of anilines is 1. The van der Waals surface area contributed by atoms with Crippen molar-refractivity contribution in [3.8, 4) is 0 Å². The van der Waals surface area contributed by atoms with Crippen LogP contribution < -0.4 is 21.3 Å². The maximum atomic E-state index is 12.9. The van der Waals surface area contributed by atoms with Crippen molar-refractivity contribution in [3.05, 3.63) is 41.5 Å². The number of benzene rings is 1. The van der Waals surface area contributed by atoms with Gasteiger partial charge in [-0.25, -0.2) is 4.79 Å². The number of allylic oxidation sites excluding steroid dienone is 1. The molecule has 1 unspecified atom stereocenters. The molecular formula is C24H31N5O6. The highest BCUT2D eigenvalue weighted by Crippen LogP contribution is 2.32. The smallest absolute Gasteiger partial charge is 0.319 e. The summed E-state index contributed by atoms with van der Waals surface area (Å²) in [4.78, 5) is 61.8. The second kappa shape index (κ2) is 12.7. The van der Waals surface area contributed by atoms with Gasteiger partial charge in [-0.1, -0.05) is 25.1 Å². The number of amides is 6. The number of imide groups is 1. The van der Waals surface area contributed by atoms with Crippen molar-refractivity contribution in [3.63, 3.8) is 0 Å². The Morgan fingerprint density at radius 1 is 1.14 bits per heavy atom. The Morgan fingerprint density at radius 3 is 2.66 bits per heavy atom. The summed E-state index contributed by atoms with van der Waals surface area (Å²) in [7, 11) is 0. The van der Waals surface area contributed by atoms with Gasteiger partial charge in [0.15, 0.2) is 0 Å². The topological polar surface area (TPSA) is 146 Å². The average Bonchev–Trinajstić information content (AvgIpc) is 3.16. The predicted octanol–water partition coefficient (Wildman–Crippen LogP) is 1.06. The molecule has 0 aromatic heterocycles. The van der Waals surface area contributed by atoms with Crippen LogP contribution in [0.2, 0.25) is 0 Å². The van der Waals surface area contributed by atoms with Gasteiger partial charge in [-0.05, 0) is 25.0 Å². The Balaban J connectivity index is 1.40. The summed E-state index contributed by atoms with van der Waals surface area (Å²) in [6.45, 7) is 3.42. The molecule has 2 aliphatic rings. The van der Waals surface area contributed by atoms with Crippen LogP contribution in [0.15, 0.2) is 30.4 Å². The van der Waals surface area contributed by atoms with E-state index in [0.29, 0.717) is 36.4 Å². The molecule has 0 spiro atoms. The van der Waals surface area contributed by atoms with Gasteiger partial charge >= 0.3 is 6.03 Å². The highest BCUT2D eigenvalue weighted by molar-refractivity contribution is 6.06. The van der Waals surface area contributed by atoms with Crippen molar-refractivity contribution < 1.29 is 28.7 Å². The number of fused-ring (bicyclic) bond motifs is 1. The Bertz CT molecular complexity index is 1010. The van der Waals surface area contributed by atoms with Crippen molar-refractivity contribution in [2.45, 2.75) is 45.2 Å². The molecule has 0 bridgehead atoms. The van der Waals surface area contributed by atoms with Crippen molar-refractivity contribution in [1.29, 1.82) is 0 Å². The van der Waals surface area contributed by atoms with E-state index in [1.165, 1.54) is 4.90 Å². The van der Waals surface area contributed by atoms with E-state index in [1.54, 1.807) is 18.2 Å². The van der Waals surface area contributed by atoms with E-state index in [1.807, 2.05) is 19.1 Å². The Hall–Kier alpha value is -3.73. The molecule has 2 heterocycles. The first-order valence-corrected chi connectivity index (χ1v) is 11.7. The molecule has 1 fully saturated rings. The molecule has 0 radical (unpaired) electrons. The minimum atomic E-state index is -0.719. The molecule has 2 aliphatic heterocycles. The second-order valence-electron chi connectivity index (χ2n) is 8.16. The summed E-state index contributed by atoms with van der Waals surface area (Å²) < 4.78 is 5.41. The van der Waals surface area contributed by atoms with Crippen molar-refractivity contribution in [1.82, 2.24) is 20.9 Å². The first-order chi connectivity index (χ1) is 16.9. The van der Waals surface area contributed by atoms with Gasteiger partial charge in [0, 0.05) is 49.3 Å². The summed E-state index contributed by atoms with van der Waals surface area (Å²) in [6.07, 6.45) is 5.44. The summed E-state index contributed by atoms with van der Waals surface area (Å²) in [5, 5.41) is 10.4. The summed E-state index contributed by atoms with van der Waals surface area (Å²) in [6, 6.07) is 3.83. The number of rotatable bonds is 11. The normalized spacial score (nSPS) is 17.3. The number of carbonyl (C=O) groups excluding carboxylic acids is 5. The zero-order valence-electron chi connectivity index (χ0n) is 19.7. The minimum absolute atomic E-state index is 0.0687. The fourth-order valence-electron chi connectivity index (χ4n) is 3.90. The molecule has 1 aromatic carbocycles. The van der Waals surface area contributed by atoms with Crippen molar-refractivity contribution >= 4 is 35.3 Å². The van der Waals surface area contributed by atoms with E-state index < -0.39 is 18.0 Å². The second-order valence-corrected chi connectivity index (χ2v) is 8.16. The fraction of sp³-hybridized carbons (Fsp3) is 0.458. The Morgan fingerprint density at radius 2 is 1.91 bits per heavy atom. The first kappa shape index (κ1) is 25.9. The summed E-state index contributed by atoms with van der Waals surface area (Å²) in [5.74, 6) is -1.20. The molecule has 1 aromatic rings. The number of hydrogen-bond donors (Lipinski definition) is 4. The standard InChI is InChI=1S/C24H31N5O6/c1-2-3-4-8-20(30)25-11-13-35-14-12-26-24(34)27-18-7-5-6-16-17(18)15-29(23(16)33)19-9-10-21(31)28-22(19)32/h3-7,19H,2,8-15H2,1H3,(H,25,30)(H2,26,27,34)(H,28,31,32)/b4-3-. The van der Waals surface area contributed by atoms with Gasteiger partial charge in [-0.2, -0.15) is 0 Å². The monoisotopic (exact) mass is 485 g/mol. The van der Waals surface area contributed by atoms with E-state index in [9.17, 15) is 24.0 Å². The molecule has 4 N–H and O–H groups in total. The van der Waals surface area contributed by atoms with Gasteiger partial charge in [-0.3, -0.25) is 24.5 Å². The van der Waals surface area contributed by atoms with Gasteiger partial charge in [-0.15, -0.1) is 0 Å². The van der Waals surface area contributed by atoms with Crippen LogP contribution in [0, 0.1) is 0 Å². The van der Waals surface area contributed by atoms with Crippen molar-refractivity contribution in [2.24, 2.45) is 0 Å². The zero-order chi connectivity index (χ0) is 25.2. The number of ether oxygens (including phenoxy) is 1. The number of hydrogen-bond acceptors (Lipinski definition) is 6. The molecule has 0 aliphatic carbocycles. The lowest BCUT2D eigenvalue weighted by Crippen LogP contribution is -2.52. The van der Waals surface area contributed by atoms with Gasteiger partial charge in [0.1, 0.15) is 6.04 Å². The molecular weight excluding hydrogens is 454 g/mol. The first-order valence-electron chi connectivity index (χ1n) is 11.7. The van der Waals surface area contributed by atoms with E-state index in [4.69, 9.17) is 4.74 Å². The van der Waals surface area contributed by atoms with Crippen molar-refractivity contribution in [2.75, 3.05) is 31.6 Å². The SMILES string of the molecule is CC/C=C\CC(=O)NCCOCCNC(=O)Nc1cccc2c1CN(C1CCC(=O)NC1=O)C2=O. The van der Waals surface area contributed by atoms with Crippen LogP contribution in [0.5, 0.6) is 0 Å². The van der Waals surface area contributed by atoms with Gasteiger partial charge in [0.25, 0.3) is 5.91 Å². The predicted molar refractivity (Wildman–Crippen MR) is 127 cm³/mol. The Kier molecular flexibility index (Phi) is 9.36. The molecule has 188 valence electrons. The maximum absolute atomic E-state index is 12.9. The largest absolute Gasteiger partial charge is 0.378 e. The summed E-state index contributed by atoms with van der Waals surface area (Å²) >= 11 is 0. The maximum Gasteiger partial charge on any atom is 0.319 e. The van der Waals surface area contributed by atoms with Crippen LogP contribution >= 0.6 is 0 Å². The number of piperidine rings is 1. The quantitative estimate of drug-likeness (QED) is 0.209. The number of urea groups is 1. The van der Waals surface area contributed by atoms with Gasteiger partial charge in [0.05, 0.1) is 13.2 Å². The average molecular weight is 486 g/mol. The number of nitrogens with zero attached hydrogens (tertiary/aromatic N) is 1. The van der Waals surface area contributed by atoms with E-state index in [0.717, 1.165) is 6.42 Å². The lowest BCUT2D eigenvalue weighted by atomic mass is 10.0. The van der Waals surface area contributed by atoms with E-state index in [2.05, 4.69) is 21.3 Å². The van der Waals surface area contributed by atoms with Crippen LogP contribution in [0.25, 0.3) is 0 Å². The molecule has 1 atom stereocenters. The molecule has 1 saturated heterocycles. The Labute approximate surface area is 203 Å². The van der Waals surface area contributed by atoms with Crippen LogP contribution in [0.4, 0.5) is 10.5 Å². The number of carbonyl (C=O) groups is 5. The fourth-order valence-corrected chi connectivity index (χ4v) is 3.90. The van der Waals surface area contributed by atoms with E-state index in [-0.39, 0.29) is 50.3 Å². The molecule has 6 amide bonds. The van der Waals surface area contributed by atoms with Crippen LogP contribution in [-0.4, -0.2) is 66.9 Å². The highest BCUT2D eigenvalue weighted by Gasteiger charge is 2.39.